The molecule has 84 valence electrons. The van der Waals surface area contributed by atoms with Crippen LogP contribution in [0.25, 0.3) is 11.0 Å². The third-order valence-corrected chi connectivity index (χ3v) is 3.35. The average molecular weight is 241 g/mol. The minimum absolute atomic E-state index is 0.902. The fraction of sp³-hybridized carbons (Fsp3) is 0.0769. The number of benzene rings is 1. The van der Waals surface area contributed by atoms with Crippen LogP contribution >= 0.6 is 11.3 Å². The Kier molecular flexibility index (Phi) is 2.49. The first-order valence-corrected chi connectivity index (χ1v) is 6.24. The first-order valence-electron chi connectivity index (χ1n) is 5.36. The van der Waals surface area contributed by atoms with Crippen LogP contribution < -0.4 is 0 Å². The van der Waals surface area contributed by atoms with Gasteiger partial charge in [0.2, 0.25) is 0 Å². The van der Waals surface area contributed by atoms with Crippen LogP contribution in [0.5, 0.6) is 0 Å². The number of aromatic nitrogens is 2. The van der Waals surface area contributed by atoms with Gasteiger partial charge in [-0.1, -0.05) is 18.2 Å². The molecule has 0 aliphatic heterocycles. The van der Waals surface area contributed by atoms with Crippen molar-refractivity contribution in [2.45, 2.75) is 6.92 Å². The van der Waals surface area contributed by atoms with Gasteiger partial charge in [0.25, 0.3) is 0 Å². The molecule has 0 N–H and O–H groups in total. The van der Waals surface area contributed by atoms with Crippen LogP contribution in [-0.4, -0.2) is 15.9 Å². The number of para-hydroxylation sites is 2. The zero-order valence-corrected chi connectivity index (χ0v) is 10.2. The minimum atomic E-state index is 0.902. The van der Waals surface area contributed by atoms with E-state index in [4.69, 9.17) is 0 Å². The normalized spacial score (nSPS) is 11.6. The predicted molar refractivity (Wildman–Crippen MR) is 71.8 cm³/mol. The molecule has 0 spiro atoms. The summed E-state index contributed by atoms with van der Waals surface area (Å²) in [6.07, 6.45) is 1.87. The van der Waals surface area contributed by atoms with Crippen molar-refractivity contribution in [2.24, 2.45) is 5.10 Å². The molecule has 2 heterocycles. The third-order valence-electron chi connectivity index (χ3n) is 2.54. The van der Waals surface area contributed by atoms with Crippen molar-refractivity contribution < 1.29 is 0 Å². The molecule has 3 aromatic rings. The summed E-state index contributed by atoms with van der Waals surface area (Å²) in [6.45, 7) is 1.96. The Hall–Kier alpha value is -1.94. The Morgan fingerprint density at radius 3 is 2.94 bits per heavy atom. The summed E-state index contributed by atoms with van der Waals surface area (Å²) < 4.78 is 1.87. The Bertz CT molecular complexity index is 665. The summed E-state index contributed by atoms with van der Waals surface area (Å²) >= 11 is 1.67. The Morgan fingerprint density at radius 2 is 2.12 bits per heavy atom. The van der Waals surface area contributed by atoms with Gasteiger partial charge >= 0.3 is 0 Å². The lowest BCUT2D eigenvalue weighted by Gasteiger charge is -1.97. The lowest BCUT2D eigenvalue weighted by atomic mass is 10.3. The summed E-state index contributed by atoms with van der Waals surface area (Å²) in [5.41, 5.74) is 2.02. The summed E-state index contributed by atoms with van der Waals surface area (Å²) in [4.78, 5) is 5.61. The molecule has 2 aromatic heterocycles. The number of imidazole rings is 1. The maximum atomic E-state index is 4.48. The van der Waals surface area contributed by atoms with E-state index in [-0.39, 0.29) is 0 Å². The highest BCUT2D eigenvalue weighted by Gasteiger charge is 2.04. The molecule has 0 aliphatic carbocycles. The molecule has 0 saturated carbocycles. The zero-order chi connectivity index (χ0) is 11.7. The Morgan fingerprint density at radius 1 is 1.24 bits per heavy atom. The lowest BCUT2D eigenvalue weighted by molar-refractivity contribution is 0.860. The first-order chi connectivity index (χ1) is 8.34. The molecule has 0 radical (unpaired) electrons. The van der Waals surface area contributed by atoms with Crippen molar-refractivity contribution in [1.82, 2.24) is 9.66 Å². The highest BCUT2D eigenvalue weighted by Crippen LogP contribution is 2.15. The molecule has 0 bridgehead atoms. The molecule has 1 aromatic carbocycles. The van der Waals surface area contributed by atoms with Gasteiger partial charge in [0, 0.05) is 4.88 Å². The van der Waals surface area contributed by atoms with Gasteiger partial charge in [-0.15, -0.1) is 11.3 Å². The van der Waals surface area contributed by atoms with Crippen molar-refractivity contribution in [3.05, 3.63) is 52.5 Å². The standard InChI is InChI=1S/C13H11N3S/c1-10-15-12-6-2-3-7-13(12)16(10)14-9-11-5-4-8-17-11/h2-9H,1H3/b14-9+. The monoisotopic (exact) mass is 241 g/mol. The van der Waals surface area contributed by atoms with E-state index in [2.05, 4.69) is 10.1 Å². The SMILES string of the molecule is Cc1nc2ccccc2n1/N=C/c1cccs1. The van der Waals surface area contributed by atoms with Crippen molar-refractivity contribution in [3.63, 3.8) is 0 Å². The molecule has 17 heavy (non-hydrogen) atoms. The summed E-state index contributed by atoms with van der Waals surface area (Å²) in [6, 6.07) is 12.1. The predicted octanol–water partition coefficient (Wildman–Crippen LogP) is 3.29. The molecule has 4 heteroatoms. The van der Waals surface area contributed by atoms with Crippen molar-refractivity contribution >= 4 is 28.6 Å². The van der Waals surface area contributed by atoms with Crippen LogP contribution in [0.3, 0.4) is 0 Å². The van der Waals surface area contributed by atoms with Crippen LogP contribution in [0.2, 0.25) is 0 Å². The van der Waals surface area contributed by atoms with Gasteiger partial charge < -0.3 is 0 Å². The molecule has 0 aliphatic rings. The number of hydrogen-bond donors (Lipinski definition) is 0. The summed E-state index contributed by atoms with van der Waals surface area (Å²) in [5, 5.41) is 6.52. The molecule has 3 rings (SSSR count). The second-order valence-corrected chi connectivity index (χ2v) is 4.70. The second kappa shape index (κ2) is 4.14. The molecular weight excluding hydrogens is 230 g/mol. The number of rotatable bonds is 2. The second-order valence-electron chi connectivity index (χ2n) is 3.72. The van der Waals surface area contributed by atoms with Crippen LogP contribution in [0, 0.1) is 6.92 Å². The smallest absolute Gasteiger partial charge is 0.128 e. The van der Waals surface area contributed by atoms with Crippen LogP contribution in [-0.2, 0) is 0 Å². The Balaban J connectivity index is 2.08. The number of nitrogens with zero attached hydrogens (tertiary/aromatic N) is 3. The number of hydrogen-bond acceptors (Lipinski definition) is 3. The van der Waals surface area contributed by atoms with Gasteiger partial charge in [0.15, 0.2) is 0 Å². The summed E-state index contributed by atoms with van der Waals surface area (Å²) in [5.74, 6) is 0.902. The van der Waals surface area contributed by atoms with Crippen LogP contribution in [0.1, 0.15) is 10.7 Å². The highest BCUT2D eigenvalue weighted by atomic mass is 32.1. The Labute approximate surface area is 103 Å². The molecule has 0 atom stereocenters. The largest absolute Gasteiger partial charge is 0.232 e. The van der Waals surface area contributed by atoms with Crippen LogP contribution in [0.15, 0.2) is 46.9 Å². The van der Waals surface area contributed by atoms with Crippen molar-refractivity contribution in [1.29, 1.82) is 0 Å². The fourth-order valence-corrected chi connectivity index (χ4v) is 2.34. The summed E-state index contributed by atoms with van der Waals surface area (Å²) in [7, 11) is 0. The zero-order valence-electron chi connectivity index (χ0n) is 9.37. The quantitative estimate of drug-likeness (QED) is 0.633. The highest BCUT2D eigenvalue weighted by molar-refractivity contribution is 7.11. The van der Waals surface area contributed by atoms with E-state index < -0.39 is 0 Å². The first kappa shape index (κ1) is 10.2. The molecule has 3 nitrogen and oxygen atoms in total. The lowest BCUT2D eigenvalue weighted by Crippen LogP contribution is -1.92. The number of aryl methyl sites for hydroxylation is 1. The van der Waals surface area contributed by atoms with E-state index in [1.54, 1.807) is 11.3 Å². The molecule has 0 saturated heterocycles. The van der Waals surface area contributed by atoms with Gasteiger partial charge in [-0.2, -0.15) is 5.10 Å². The minimum Gasteiger partial charge on any atom is -0.232 e. The number of fused-ring (bicyclic) bond motifs is 1. The molecule has 0 amide bonds. The van der Waals surface area contributed by atoms with Crippen LogP contribution in [0.4, 0.5) is 0 Å². The van der Waals surface area contributed by atoms with Gasteiger partial charge in [-0.05, 0) is 30.5 Å². The average Bonchev–Trinajstić information content (AvgIpc) is 2.93. The molecular formula is C13H11N3S. The maximum Gasteiger partial charge on any atom is 0.128 e. The van der Waals surface area contributed by atoms with Gasteiger partial charge in [0.1, 0.15) is 5.82 Å². The van der Waals surface area contributed by atoms with Crippen molar-refractivity contribution in [2.75, 3.05) is 0 Å². The van der Waals surface area contributed by atoms with Crippen molar-refractivity contribution in [3.8, 4) is 0 Å². The van der Waals surface area contributed by atoms with E-state index >= 15 is 0 Å². The van der Waals surface area contributed by atoms with E-state index in [9.17, 15) is 0 Å². The fourth-order valence-electron chi connectivity index (χ4n) is 1.76. The van der Waals surface area contributed by atoms with E-state index in [1.165, 1.54) is 0 Å². The van der Waals surface area contributed by atoms with E-state index in [1.807, 2.05) is 59.6 Å². The third kappa shape index (κ3) is 1.87. The van der Waals surface area contributed by atoms with E-state index in [0.29, 0.717) is 0 Å². The number of thiophene rings is 1. The van der Waals surface area contributed by atoms with E-state index in [0.717, 1.165) is 21.7 Å². The molecule has 0 unspecified atom stereocenters. The van der Waals surface area contributed by atoms with Gasteiger partial charge in [-0.3, -0.25) is 0 Å². The topological polar surface area (TPSA) is 30.2 Å². The maximum absolute atomic E-state index is 4.48. The van der Waals surface area contributed by atoms with Gasteiger partial charge in [-0.25, -0.2) is 9.66 Å². The van der Waals surface area contributed by atoms with Gasteiger partial charge in [0.05, 0.1) is 17.2 Å². The molecule has 0 fully saturated rings.